The normalized spacial score (nSPS) is 18.1. The van der Waals surface area contributed by atoms with Crippen LogP contribution in [0.25, 0.3) is 0 Å². The minimum Gasteiger partial charge on any atom is -0.399 e. The van der Waals surface area contributed by atoms with Crippen LogP contribution in [0.15, 0.2) is 48.5 Å². The maximum Gasteiger partial charge on any atom is 0.255 e. The van der Waals surface area contributed by atoms with Crippen LogP contribution in [0.2, 0.25) is 5.02 Å². The van der Waals surface area contributed by atoms with Crippen molar-refractivity contribution < 1.29 is 4.79 Å². The Morgan fingerprint density at radius 2 is 1.88 bits per heavy atom. The van der Waals surface area contributed by atoms with Gasteiger partial charge in [0.25, 0.3) is 5.91 Å². The molecule has 128 valence electrons. The number of halogens is 2. The zero-order valence-corrected chi connectivity index (χ0v) is 15.1. The zero-order chi connectivity index (χ0) is 16.4. The Kier molecular flexibility index (Phi) is 6.10. The first kappa shape index (κ1) is 18.6. The zero-order valence-electron chi connectivity index (χ0n) is 13.5. The molecule has 2 aromatic rings. The largest absolute Gasteiger partial charge is 0.399 e. The van der Waals surface area contributed by atoms with Gasteiger partial charge < -0.3 is 15.5 Å². The van der Waals surface area contributed by atoms with E-state index in [-0.39, 0.29) is 24.4 Å². The molecule has 0 spiro atoms. The number of nitrogens with zero attached hydrogens (tertiary/aromatic N) is 2. The van der Waals surface area contributed by atoms with Gasteiger partial charge in [0.1, 0.15) is 0 Å². The maximum absolute atomic E-state index is 13.0. The van der Waals surface area contributed by atoms with Gasteiger partial charge in [-0.3, -0.25) is 4.79 Å². The number of benzene rings is 2. The third-order valence-electron chi connectivity index (χ3n) is 4.25. The van der Waals surface area contributed by atoms with E-state index >= 15 is 0 Å². The molecule has 1 amide bonds. The lowest BCUT2D eigenvalue weighted by Gasteiger charge is -2.40. The number of nitrogen functional groups attached to an aromatic ring is 1. The molecule has 1 fully saturated rings. The topological polar surface area (TPSA) is 49.6 Å². The number of hydrogen-bond acceptors (Lipinski definition) is 3. The minimum atomic E-state index is -0.0445. The van der Waals surface area contributed by atoms with E-state index in [2.05, 4.69) is 24.1 Å². The number of piperazine rings is 1. The summed E-state index contributed by atoms with van der Waals surface area (Å²) in [6.07, 6.45) is 0. The Hall–Kier alpha value is -1.75. The molecule has 0 aliphatic carbocycles. The summed E-state index contributed by atoms with van der Waals surface area (Å²) >= 11 is 6.23. The Labute approximate surface area is 153 Å². The summed E-state index contributed by atoms with van der Waals surface area (Å²) in [5, 5.41) is 0.403. The molecule has 1 heterocycles. The number of anilines is 1. The highest BCUT2D eigenvalue weighted by Gasteiger charge is 2.31. The van der Waals surface area contributed by atoms with Crippen LogP contribution in [0.3, 0.4) is 0 Å². The average Bonchev–Trinajstić information content (AvgIpc) is 2.55. The van der Waals surface area contributed by atoms with Crippen LogP contribution in [0.1, 0.15) is 22.0 Å². The first-order valence-corrected chi connectivity index (χ1v) is 8.03. The molecule has 1 aliphatic rings. The number of carbonyl (C=O) groups is 1. The lowest BCUT2D eigenvalue weighted by molar-refractivity contribution is 0.0498. The first-order valence-electron chi connectivity index (χ1n) is 7.66. The fourth-order valence-electron chi connectivity index (χ4n) is 2.98. The van der Waals surface area contributed by atoms with Crippen molar-refractivity contribution in [3.8, 4) is 0 Å². The van der Waals surface area contributed by atoms with E-state index in [1.807, 2.05) is 23.1 Å². The Balaban J connectivity index is 0.00000208. The molecule has 2 N–H and O–H groups in total. The van der Waals surface area contributed by atoms with Crippen LogP contribution in [-0.4, -0.2) is 42.4 Å². The van der Waals surface area contributed by atoms with Crippen molar-refractivity contribution in [2.75, 3.05) is 32.4 Å². The third-order valence-corrected chi connectivity index (χ3v) is 4.56. The minimum absolute atomic E-state index is 0. The van der Waals surface area contributed by atoms with E-state index in [1.165, 1.54) is 0 Å². The van der Waals surface area contributed by atoms with Gasteiger partial charge in [0, 0.05) is 25.3 Å². The molecule has 4 nitrogen and oxygen atoms in total. The molecule has 0 aromatic heterocycles. The Morgan fingerprint density at radius 3 is 2.54 bits per heavy atom. The van der Waals surface area contributed by atoms with Crippen LogP contribution in [0.5, 0.6) is 0 Å². The van der Waals surface area contributed by atoms with Crippen LogP contribution in [-0.2, 0) is 0 Å². The Bertz CT molecular complexity index is 709. The number of amides is 1. The summed E-state index contributed by atoms with van der Waals surface area (Å²) in [5.74, 6) is -0.0445. The second-order valence-corrected chi connectivity index (χ2v) is 6.33. The number of hydrogen-bond donors (Lipinski definition) is 1. The highest BCUT2D eigenvalue weighted by atomic mass is 35.5. The molecule has 3 rings (SSSR count). The maximum atomic E-state index is 13.0. The van der Waals surface area contributed by atoms with E-state index in [1.54, 1.807) is 18.2 Å². The summed E-state index contributed by atoms with van der Waals surface area (Å²) in [7, 11) is 2.08. The lowest BCUT2D eigenvalue weighted by atomic mass is 10.0. The van der Waals surface area contributed by atoms with Gasteiger partial charge in [-0.1, -0.05) is 41.9 Å². The van der Waals surface area contributed by atoms with Gasteiger partial charge in [0.2, 0.25) is 0 Å². The van der Waals surface area contributed by atoms with Crippen molar-refractivity contribution in [3.05, 3.63) is 64.7 Å². The molecule has 2 aromatic carbocycles. The highest BCUT2D eigenvalue weighted by molar-refractivity contribution is 6.34. The van der Waals surface area contributed by atoms with Gasteiger partial charge in [-0.05, 0) is 30.8 Å². The van der Waals surface area contributed by atoms with E-state index < -0.39 is 0 Å². The number of nitrogens with two attached hydrogens (primary N) is 1. The highest BCUT2D eigenvalue weighted by Crippen LogP contribution is 2.29. The first-order chi connectivity index (χ1) is 11.1. The molecule has 1 atom stereocenters. The van der Waals surface area contributed by atoms with Crippen molar-refractivity contribution in [2.45, 2.75) is 6.04 Å². The van der Waals surface area contributed by atoms with E-state index in [0.717, 1.165) is 18.7 Å². The van der Waals surface area contributed by atoms with Gasteiger partial charge in [0.05, 0.1) is 16.6 Å². The van der Waals surface area contributed by atoms with Gasteiger partial charge >= 0.3 is 0 Å². The van der Waals surface area contributed by atoms with Crippen molar-refractivity contribution in [1.29, 1.82) is 0 Å². The van der Waals surface area contributed by atoms with Crippen LogP contribution in [0.4, 0.5) is 5.69 Å². The number of likely N-dealkylation sites (N-methyl/N-ethyl adjacent to an activating group) is 1. The molecule has 24 heavy (non-hydrogen) atoms. The van der Waals surface area contributed by atoms with Crippen molar-refractivity contribution in [2.24, 2.45) is 0 Å². The number of rotatable bonds is 2. The molecule has 6 heteroatoms. The van der Waals surface area contributed by atoms with Crippen LogP contribution >= 0.6 is 24.0 Å². The third kappa shape index (κ3) is 3.83. The van der Waals surface area contributed by atoms with Gasteiger partial charge in [-0.25, -0.2) is 0 Å². The molecule has 0 saturated carbocycles. The summed E-state index contributed by atoms with van der Waals surface area (Å²) in [4.78, 5) is 17.2. The molecule has 1 unspecified atom stereocenters. The summed E-state index contributed by atoms with van der Waals surface area (Å²) in [6.45, 7) is 2.33. The van der Waals surface area contributed by atoms with Crippen LogP contribution < -0.4 is 5.73 Å². The Morgan fingerprint density at radius 1 is 1.17 bits per heavy atom. The molecule has 0 bridgehead atoms. The summed E-state index contributed by atoms with van der Waals surface area (Å²) in [5.41, 5.74) is 7.93. The molecular formula is C18H21Cl2N3O. The quantitative estimate of drug-likeness (QED) is 0.828. The van der Waals surface area contributed by atoms with E-state index in [9.17, 15) is 4.79 Å². The predicted octanol–water partition coefficient (Wildman–Crippen LogP) is 3.47. The summed E-state index contributed by atoms with van der Waals surface area (Å²) < 4.78 is 0. The fourth-order valence-corrected chi connectivity index (χ4v) is 3.25. The number of carbonyl (C=O) groups excluding carboxylic acids is 1. The van der Waals surface area contributed by atoms with E-state index in [0.29, 0.717) is 22.8 Å². The smallest absolute Gasteiger partial charge is 0.255 e. The molecule has 1 aliphatic heterocycles. The van der Waals surface area contributed by atoms with Crippen LogP contribution in [0, 0.1) is 0 Å². The van der Waals surface area contributed by atoms with Crippen molar-refractivity contribution >= 4 is 35.6 Å². The van der Waals surface area contributed by atoms with E-state index in [4.69, 9.17) is 17.3 Å². The second-order valence-electron chi connectivity index (χ2n) is 5.93. The van der Waals surface area contributed by atoms with Crippen molar-refractivity contribution in [3.63, 3.8) is 0 Å². The fraction of sp³-hybridized carbons (Fsp3) is 0.278. The van der Waals surface area contributed by atoms with Gasteiger partial charge in [-0.15, -0.1) is 12.4 Å². The monoisotopic (exact) mass is 365 g/mol. The van der Waals surface area contributed by atoms with Crippen molar-refractivity contribution in [1.82, 2.24) is 9.80 Å². The molecule has 0 radical (unpaired) electrons. The summed E-state index contributed by atoms with van der Waals surface area (Å²) in [6, 6.07) is 15.2. The second kappa shape index (κ2) is 7.88. The van der Waals surface area contributed by atoms with Gasteiger partial charge in [0.15, 0.2) is 0 Å². The molecular weight excluding hydrogens is 345 g/mol. The average molecular weight is 366 g/mol. The molecule has 1 saturated heterocycles. The van der Waals surface area contributed by atoms with Gasteiger partial charge in [-0.2, -0.15) is 0 Å². The standard InChI is InChI=1S/C18H20ClN3O.ClH/c1-21-9-10-22(17(12-21)13-5-3-2-4-6-13)18(23)15-8-7-14(20)11-16(15)19;/h2-8,11,17H,9-10,12,20H2,1H3;1H. The lowest BCUT2D eigenvalue weighted by Crippen LogP contribution is -2.49. The predicted molar refractivity (Wildman–Crippen MR) is 101 cm³/mol. The SMILES string of the molecule is CN1CCN(C(=O)c2ccc(N)cc2Cl)C(c2ccccc2)C1.Cl.